The van der Waals surface area contributed by atoms with Crippen molar-refractivity contribution in [3.8, 4) is 17.2 Å². The standard InChI is InChI=1S/C23H29ClN2O4/c1-16(18-7-5-6-8-19(18)24)25-9-11-26(12-10-25)22(27)15-17-13-20(28-2)23(30-4)21(14-17)29-3/h5-8,13-14,16H,9-12,15H2,1-4H3. The molecule has 2 aromatic rings. The summed E-state index contributed by atoms with van der Waals surface area (Å²) in [6.07, 6.45) is 0.288. The van der Waals surface area contributed by atoms with Crippen LogP contribution in [0.1, 0.15) is 24.1 Å². The lowest BCUT2D eigenvalue weighted by Gasteiger charge is -2.38. The molecule has 0 saturated carbocycles. The fraction of sp³-hybridized carbons (Fsp3) is 0.435. The van der Waals surface area contributed by atoms with Crippen LogP contribution < -0.4 is 14.2 Å². The van der Waals surface area contributed by atoms with Gasteiger partial charge in [0.15, 0.2) is 11.5 Å². The summed E-state index contributed by atoms with van der Waals surface area (Å²) in [4.78, 5) is 17.2. The summed E-state index contributed by atoms with van der Waals surface area (Å²) in [5.41, 5.74) is 1.96. The molecule has 1 saturated heterocycles. The van der Waals surface area contributed by atoms with Gasteiger partial charge in [-0.3, -0.25) is 9.69 Å². The molecule has 0 spiro atoms. The Morgan fingerprint density at radius 2 is 1.60 bits per heavy atom. The summed E-state index contributed by atoms with van der Waals surface area (Å²) in [5, 5.41) is 0.783. The van der Waals surface area contributed by atoms with Gasteiger partial charge in [0.1, 0.15) is 0 Å². The third-order valence-corrected chi connectivity index (χ3v) is 5.99. The fourth-order valence-electron chi connectivity index (χ4n) is 3.89. The van der Waals surface area contributed by atoms with Crippen molar-refractivity contribution in [1.82, 2.24) is 9.80 Å². The van der Waals surface area contributed by atoms with Gasteiger partial charge in [0.2, 0.25) is 11.7 Å². The van der Waals surface area contributed by atoms with Crippen molar-refractivity contribution in [2.24, 2.45) is 0 Å². The van der Waals surface area contributed by atoms with E-state index in [2.05, 4.69) is 17.9 Å². The van der Waals surface area contributed by atoms with Crippen LogP contribution in [0.2, 0.25) is 5.02 Å². The van der Waals surface area contributed by atoms with E-state index < -0.39 is 0 Å². The van der Waals surface area contributed by atoms with Gasteiger partial charge in [0.25, 0.3) is 0 Å². The highest BCUT2D eigenvalue weighted by molar-refractivity contribution is 6.31. The number of methoxy groups -OCH3 is 3. The van der Waals surface area contributed by atoms with Crippen LogP contribution in [-0.4, -0.2) is 63.2 Å². The first-order chi connectivity index (χ1) is 14.5. The minimum absolute atomic E-state index is 0.0920. The number of hydrogen-bond donors (Lipinski definition) is 0. The maximum Gasteiger partial charge on any atom is 0.227 e. The second-order valence-corrected chi connectivity index (χ2v) is 7.73. The van der Waals surface area contributed by atoms with Crippen molar-refractivity contribution >= 4 is 17.5 Å². The molecular formula is C23H29ClN2O4. The molecule has 1 unspecified atom stereocenters. The molecule has 0 aromatic heterocycles. The van der Waals surface area contributed by atoms with E-state index in [0.29, 0.717) is 30.3 Å². The number of amides is 1. The van der Waals surface area contributed by atoms with Crippen molar-refractivity contribution in [3.05, 3.63) is 52.5 Å². The van der Waals surface area contributed by atoms with Crippen molar-refractivity contribution < 1.29 is 19.0 Å². The maximum atomic E-state index is 12.9. The fourth-order valence-corrected chi connectivity index (χ4v) is 4.19. The Morgan fingerprint density at radius 1 is 1.00 bits per heavy atom. The highest BCUT2D eigenvalue weighted by Gasteiger charge is 2.26. The zero-order chi connectivity index (χ0) is 21.7. The molecule has 1 amide bonds. The molecule has 1 fully saturated rings. The second-order valence-electron chi connectivity index (χ2n) is 7.32. The molecule has 0 bridgehead atoms. The molecule has 1 aliphatic heterocycles. The van der Waals surface area contributed by atoms with E-state index in [-0.39, 0.29) is 18.4 Å². The van der Waals surface area contributed by atoms with Gasteiger partial charge >= 0.3 is 0 Å². The monoisotopic (exact) mass is 432 g/mol. The molecule has 0 radical (unpaired) electrons. The number of nitrogens with zero attached hydrogens (tertiary/aromatic N) is 2. The van der Waals surface area contributed by atoms with Crippen LogP contribution in [0.3, 0.4) is 0 Å². The molecule has 0 N–H and O–H groups in total. The number of carbonyl (C=O) groups excluding carboxylic acids is 1. The van der Waals surface area contributed by atoms with Crippen molar-refractivity contribution in [2.45, 2.75) is 19.4 Å². The number of halogens is 1. The van der Waals surface area contributed by atoms with E-state index in [0.717, 1.165) is 29.2 Å². The average molecular weight is 433 g/mol. The number of benzene rings is 2. The van der Waals surface area contributed by atoms with Gasteiger partial charge in [-0.15, -0.1) is 0 Å². The van der Waals surface area contributed by atoms with E-state index in [1.165, 1.54) is 0 Å². The number of carbonyl (C=O) groups is 1. The first kappa shape index (κ1) is 22.2. The first-order valence-electron chi connectivity index (χ1n) is 10.0. The Hall–Kier alpha value is -2.44. The zero-order valence-electron chi connectivity index (χ0n) is 18.0. The number of piperazine rings is 1. The molecule has 1 aliphatic rings. The number of rotatable bonds is 7. The van der Waals surface area contributed by atoms with Crippen LogP contribution in [0.15, 0.2) is 36.4 Å². The van der Waals surface area contributed by atoms with Crippen LogP contribution in [-0.2, 0) is 11.2 Å². The normalized spacial score (nSPS) is 15.6. The van der Waals surface area contributed by atoms with Gasteiger partial charge in [-0.05, 0) is 36.2 Å². The topological polar surface area (TPSA) is 51.2 Å². The van der Waals surface area contributed by atoms with E-state index in [1.54, 1.807) is 21.3 Å². The van der Waals surface area contributed by atoms with Gasteiger partial charge in [-0.2, -0.15) is 0 Å². The van der Waals surface area contributed by atoms with Crippen molar-refractivity contribution in [1.29, 1.82) is 0 Å². The lowest BCUT2D eigenvalue weighted by atomic mass is 10.1. The summed E-state index contributed by atoms with van der Waals surface area (Å²) in [6.45, 7) is 5.17. The van der Waals surface area contributed by atoms with Crippen LogP contribution in [0.5, 0.6) is 17.2 Å². The molecule has 162 valence electrons. The maximum absolute atomic E-state index is 12.9. The second kappa shape index (κ2) is 10.0. The summed E-state index contributed by atoms with van der Waals surface area (Å²) in [7, 11) is 4.71. The van der Waals surface area contributed by atoms with Gasteiger partial charge in [0.05, 0.1) is 27.8 Å². The molecule has 30 heavy (non-hydrogen) atoms. The Bertz CT molecular complexity index is 856. The molecule has 0 aliphatic carbocycles. The lowest BCUT2D eigenvalue weighted by Crippen LogP contribution is -2.49. The quantitative estimate of drug-likeness (QED) is 0.665. The Morgan fingerprint density at radius 3 is 2.13 bits per heavy atom. The minimum Gasteiger partial charge on any atom is -0.493 e. The third kappa shape index (κ3) is 4.82. The lowest BCUT2D eigenvalue weighted by molar-refractivity contribution is -0.132. The minimum atomic E-state index is 0.0920. The molecule has 2 aromatic carbocycles. The van der Waals surface area contributed by atoms with Gasteiger partial charge < -0.3 is 19.1 Å². The molecular weight excluding hydrogens is 404 g/mol. The zero-order valence-corrected chi connectivity index (χ0v) is 18.7. The van der Waals surface area contributed by atoms with Gasteiger partial charge in [0, 0.05) is 37.2 Å². The number of hydrogen-bond acceptors (Lipinski definition) is 5. The smallest absolute Gasteiger partial charge is 0.227 e. The summed E-state index contributed by atoms with van der Waals surface area (Å²) in [6, 6.07) is 11.8. The Labute approximate surface area is 183 Å². The SMILES string of the molecule is COc1cc(CC(=O)N2CCN(C(C)c3ccccc3Cl)CC2)cc(OC)c1OC. The van der Waals surface area contributed by atoms with E-state index in [1.807, 2.05) is 35.2 Å². The first-order valence-corrected chi connectivity index (χ1v) is 10.4. The average Bonchev–Trinajstić information content (AvgIpc) is 2.78. The Kier molecular flexibility index (Phi) is 7.45. The third-order valence-electron chi connectivity index (χ3n) is 5.65. The molecule has 7 heteroatoms. The van der Waals surface area contributed by atoms with Crippen molar-refractivity contribution in [3.63, 3.8) is 0 Å². The molecule has 3 rings (SSSR count). The van der Waals surface area contributed by atoms with Gasteiger partial charge in [-0.1, -0.05) is 29.8 Å². The van der Waals surface area contributed by atoms with Crippen LogP contribution in [0.4, 0.5) is 0 Å². The molecule has 1 heterocycles. The van der Waals surface area contributed by atoms with E-state index in [9.17, 15) is 4.79 Å². The predicted molar refractivity (Wildman–Crippen MR) is 118 cm³/mol. The van der Waals surface area contributed by atoms with E-state index in [4.69, 9.17) is 25.8 Å². The van der Waals surface area contributed by atoms with Crippen LogP contribution in [0, 0.1) is 0 Å². The predicted octanol–water partition coefficient (Wildman–Crippen LogP) is 3.81. The van der Waals surface area contributed by atoms with E-state index >= 15 is 0 Å². The van der Waals surface area contributed by atoms with Crippen LogP contribution in [0.25, 0.3) is 0 Å². The highest BCUT2D eigenvalue weighted by atomic mass is 35.5. The molecule has 6 nitrogen and oxygen atoms in total. The summed E-state index contributed by atoms with van der Waals surface area (Å²) < 4.78 is 16.1. The largest absolute Gasteiger partial charge is 0.493 e. The summed E-state index contributed by atoms with van der Waals surface area (Å²) in [5.74, 6) is 1.73. The number of ether oxygens (including phenoxy) is 3. The van der Waals surface area contributed by atoms with Gasteiger partial charge in [-0.25, -0.2) is 0 Å². The summed E-state index contributed by atoms with van der Waals surface area (Å²) >= 11 is 6.36. The van der Waals surface area contributed by atoms with Crippen LogP contribution >= 0.6 is 11.6 Å². The molecule has 1 atom stereocenters. The van der Waals surface area contributed by atoms with Crippen molar-refractivity contribution in [2.75, 3.05) is 47.5 Å². The Balaban J connectivity index is 1.63. The highest BCUT2D eigenvalue weighted by Crippen LogP contribution is 2.38.